The van der Waals surface area contributed by atoms with Crippen LogP contribution in [0.3, 0.4) is 0 Å². The summed E-state index contributed by atoms with van der Waals surface area (Å²) in [5.41, 5.74) is 1.68. The van der Waals surface area contributed by atoms with E-state index < -0.39 is 5.97 Å². The molecule has 0 saturated heterocycles. The summed E-state index contributed by atoms with van der Waals surface area (Å²) >= 11 is 5.00. The first-order valence-electron chi connectivity index (χ1n) is 5.20. The summed E-state index contributed by atoms with van der Waals surface area (Å²) in [5.74, 6) is 0.226. The van der Waals surface area contributed by atoms with Gasteiger partial charge in [0.1, 0.15) is 5.75 Å². The molecule has 2 rings (SSSR count). The number of esters is 1. The summed E-state index contributed by atoms with van der Waals surface area (Å²) in [6.45, 7) is 0. The normalized spacial score (nSPS) is 10.1. The number of rotatable bonds is 3. The molecular formula is C12H12N2O3S. The third-order valence-electron chi connectivity index (χ3n) is 2.47. The van der Waals surface area contributed by atoms with Gasteiger partial charge in [-0.05, 0) is 24.4 Å². The van der Waals surface area contributed by atoms with Crippen LogP contribution in [0, 0.1) is 4.77 Å². The van der Waals surface area contributed by atoms with Gasteiger partial charge in [-0.2, -0.15) is 0 Å². The topological polar surface area (TPSA) is 67.1 Å². The second-order valence-corrected chi connectivity index (χ2v) is 3.96. The molecule has 0 radical (unpaired) electrons. The molecule has 0 fully saturated rings. The van der Waals surface area contributed by atoms with Crippen LogP contribution in [-0.4, -0.2) is 30.2 Å². The predicted octanol–water partition coefficient (Wildman–Crippen LogP) is 2.53. The number of carbonyl (C=O) groups excluding carboxylic acids is 1. The molecule has 0 aliphatic carbocycles. The molecule has 5 nitrogen and oxygen atoms in total. The highest BCUT2D eigenvalue weighted by molar-refractivity contribution is 7.71. The van der Waals surface area contributed by atoms with Crippen molar-refractivity contribution in [3.63, 3.8) is 0 Å². The summed E-state index contributed by atoms with van der Waals surface area (Å²) in [4.78, 5) is 17.3. The Bertz CT molecular complexity index is 630. The zero-order valence-electron chi connectivity index (χ0n) is 9.94. The Labute approximate surface area is 109 Å². The average Bonchev–Trinajstić information content (AvgIpc) is 2.80. The Morgan fingerprint density at radius 1 is 1.28 bits per heavy atom. The van der Waals surface area contributed by atoms with Crippen molar-refractivity contribution < 1.29 is 14.3 Å². The molecule has 1 aromatic heterocycles. The van der Waals surface area contributed by atoms with Crippen LogP contribution in [0.1, 0.15) is 10.5 Å². The first kappa shape index (κ1) is 12.4. The second kappa shape index (κ2) is 5.05. The monoisotopic (exact) mass is 264 g/mol. The summed E-state index contributed by atoms with van der Waals surface area (Å²) in [6.07, 6.45) is 0. The van der Waals surface area contributed by atoms with E-state index in [2.05, 4.69) is 9.97 Å². The van der Waals surface area contributed by atoms with Crippen LogP contribution in [-0.2, 0) is 4.74 Å². The molecule has 0 unspecified atom stereocenters. The van der Waals surface area contributed by atoms with Gasteiger partial charge in [0, 0.05) is 5.56 Å². The zero-order valence-corrected chi connectivity index (χ0v) is 10.8. The smallest absolute Gasteiger partial charge is 0.356 e. The standard InChI is InChI=1S/C12H12N2O3S/c1-16-8-5-3-4-7(6-8)9-10(11(15)17-2)14-12(18)13-9/h3-6H,1-2H3,(H2,13,14,18). The second-order valence-electron chi connectivity index (χ2n) is 3.55. The molecule has 0 amide bonds. The van der Waals surface area contributed by atoms with Gasteiger partial charge in [-0.15, -0.1) is 0 Å². The van der Waals surface area contributed by atoms with Crippen LogP contribution in [0.4, 0.5) is 0 Å². The van der Waals surface area contributed by atoms with E-state index >= 15 is 0 Å². The maximum Gasteiger partial charge on any atom is 0.356 e. The summed E-state index contributed by atoms with van der Waals surface area (Å²) in [6, 6.07) is 7.31. The molecule has 0 atom stereocenters. The lowest BCUT2D eigenvalue weighted by molar-refractivity contribution is 0.0595. The first-order valence-corrected chi connectivity index (χ1v) is 5.61. The fraction of sp³-hybridized carbons (Fsp3) is 0.167. The molecule has 0 spiro atoms. The molecule has 1 aromatic carbocycles. The minimum absolute atomic E-state index is 0.302. The lowest BCUT2D eigenvalue weighted by atomic mass is 10.1. The van der Waals surface area contributed by atoms with Crippen molar-refractivity contribution >= 4 is 18.2 Å². The lowest BCUT2D eigenvalue weighted by Crippen LogP contribution is -2.03. The SMILES string of the molecule is COC(=O)c1[nH]c(=S)[nH]c1-c1cccc(OC)c1. The van der Waals surface area contributed by atoms with Crippen molar-refractivity contribution in [2.75, 3.05) is 14.2 Å². The van der Waals surface area contributed by atoms with E-state index in [1.807, 2.05) is 18.2 Å². The number of imidazole rings is 1. The summed E-state index contributed by atoms with van der Waals surface area (Å²) in [7, 11) is 2.90. The Hall–Kier alpha value is -2.08. The maximum absolute atomic E-state index is 11.6. The summed E-state index contributed by atoms with van der Waals surface area (Å²) in [5, 5.41) is 0. The number of hydrogen-bond acceptors (Lipinski definition) is 4. The molecular weight excluding hydrogens is 252 g/mol. The number of H-pyrrole nitrogens is 2. The molecule has 0 aliphatic heterocycles. The quantitative estimate of drug-likeness (QED) is 0.660. The molecule has 2 N–H and O–H groups in total. The number of ether oxygens (including phenoxy) is 2. The number of aromatic nitrogens is 2. The number of carbonyl (C=O) groups is 1. The van der Waals surface area contributed by atoms with E-state index in [0.29, 0.717) is 21.9 Å². The van der Waals surface area contributed by atoms with Crippen LogP contribution in [0.5, 0.6) is 5.75 Å². The van der Waals surface area contributed by atoms with Crippen LogP contribution in [0.2, 0.25) is 0 Å². The molecule has 1 heterocycles. The first-order chi connectivity index (χ1) is 8.65. The third kappa shape index (κ3) is 2.28. The highest BCUT2D eigenvalue weighted by atomic mass is 32.1. The van der Waals surface area contributed by atoms with Crippen LogP contribution in [0.15, 0.2) is 24.3 Å². The highest BCUT2D eigenvalue weighted by Gasteiger charge is 2.16. The number of benzene rings is 1. The lowest BCUT2D eigenvalue weighted by Gasteiger charge is -2.04. The van der Waals surface area contributed by atoms with E-state index in [1.54, 1.807) is 13.2 Å². The Balaban J connectivity index is 2.56. The van der Waals surface area contributed by atoms with Gasteiger partial charge in [0.05, 0.1) is 19.9 Å². The molecule has 94 valence electrons. The van der Waals surface area contributed by atoms with Crippen molar-refractivity contribution in [2.24, 2.45) is 0 Å². The number of nitrogens with one attached hydrogen (secondary N) is 2. The fourth-order valence-electron chi connectivity index (χ4n) is 1.63. The van der Waals surface area contributed by atoms with Crippen molar-refractivity contribution in [2.45, 2.75) is 0 Å². The number of aromatic amines is 2. The van der Waals surface area contributed by atoms with Gasteiger partial charge in [0.2, 0.25) is 0 Å². The van der Waals surface area contributed by atoms with Crippen molar-refractivity contribution in [3.8, 4) is 17.0 Å². The molecule has 2 aromatic rings. The van der Waals surface area contributed by atoms with Crippen molar-refractivity contribution in [1.29, 1.82) is 0 Å². The van der Waals surface area contributed by atoms with Crippen LogP contribution in [0.25, 0.3) is 11.3 Å². The van der Waals surface area contributed by atoms with Gasteiger partial charge in [0.25, 0.3) is 0 Å². The van der Waals surface area contributed by atoms with Crippen molar-refractivity contribution in [1.82, 2.24) is 9.97 Å². The van der Waals surface area contributed by atoms with Crippen LogP contribution < -0.4 is 4.74 Å². The average molecular weight is 264 g/mol. The Morgan fingerprint density at radius 2 is 2.06 bits per heavy atom. The third-order valence-corrected chi connectivity index (χ3v) is 2.68. The van der Waals surface area contributed by atoms with Gasteiger partial charge >= 0.3 is 5.97 Å². The van der Waals surface area contributed by atoms with Gasteiger partial charge in [-0.25, -0.2) is 4.79 Å². The Morgan fingerprint density at radius 3 is 2.72 bits per heavy atom. The maximum atomic E-state index is 11.6. The highest BCUT2D eigenvalue weighted by Crippen LogP contribution is 2.25. The zero-order chi connectivity index (χ0) is 13.1. The molecule has 0 aliphatic rings. The summed E-state index contributed by atoms with van der Waals surface area (Å²) < 4.78 is 10.2. The fourth-order valence-corrected chi connectivity index (χ4v) is 1.84. The molecule has 0 saturated carbocycles. The largest absolute Gasteiger partial charge is 0.497 e. The minimum Gasteiger partial charge on any atom is -0.497 e. The van der Waals surface area contributed by atoms with Gasteiger partial charge < -0.3 is 19.4 Å². The molecule has 6 heteroatoms. The van der Waals surface area contributed by atoms with Crippen molar-refractivity contribution in [3.05, 3.63) is 34.7 Å². The van der Waals surface area contributed by atoms with Crippen LogP contribution >= 0.6 is 12.2 Å². The van der Waals surface area contributed by atoms with E-state index in [1.165, 1.54) is 7.11 Å². The molecule has 18 heavy (non-hydrogen) atoms. The van der Waals surface area contributed by atoms with E-state index in [-0.39, 0.29) is 0 Å². The van der Waals surface area contributed by atoms with E-state index in [4.69, 9.17) is 21.7 Å². The molecule has 0 bridgehead atoms. The minimum atomic E-state index is -0.472. The predicted molar refractivity (Wildman–Crippen MR) is 69.3 cm³/mol. The van der Waals surface area contributed by atoms with Gasteiger partial charge in [0.15, 0.2) is 10.5 Å². The number of hydrogen-bond donors (Lipinski definition) is 2. The van der Waals surface area contributed by atoms with E-state index in [0.717, 1.165) is 5.56 Å². The van der Waals surface area contributed by atoms with Gasteiger partial charge in [-0.1, -0.05) is 12.1 Å². The van der Waals surface area contributed by atoms with E-state index in [9.17, 15) is 4.79 Å². The number of methoxy groups -OCH3 is 2. The Kier molecular flexibility index (Phi) is 3.47. The van der Waals surface area contributed by atoms with Gasteiger partial charge in [-0.3, -0.25) is 0 Å².